The summed E-state index contributed by atoms with van der Waals surface area (Å²) < 4.78 is 1.08. The van der Waals surface area contributed by atoms with Crippen molar-refractivity contribution in [1.29, 1.82) is 0 Å². The van der Waals surface area contributed by atoms with Crippen LogP contribution in [0.4, 0.5) is 5.82 Å². The molecular weight excluding hydrogens is 266 g/mol. The molecule has 82 valence electrons. The summed E-state index contributed by atoms with van der Waals surface area (Å²) in [6, 6.07) is 6.15. The van der Waals surface area contributed by atoms with Gasteiger partial charge in [0.25, 0.3) is 0 Å². The molecule has 1 aromatic heterocycles. The first kappa shape index (κ1) is 10.0. The van der Waals surface area contributed by atoms with Crippen LogP contribution in [0.15, 0.2) is 29.0 Å². The molecular formula is C12H12BrN3. The largest absolute Gasteiger partial charge is 0.356 e. The number of halogens is 1. The van der Waals surface area contributed by atoms with E-state index in [1.54, 1.807) is 6.33 Å². The summed E-state index contributed by atoms with van der Waals surface area (Å²) in [5.74, 6) is 1.07. The molecule has 1 aromatic carbocycles. The first-order chi connectivity index (χ1) is 7.84. The molecule has 3 rings (SSSR count). The van der Waals surface area contributed by atoms with Crippen LogP contribution in [0.25, 0.3) is 10.9 Å². The van der Waals surface area contributed by atoms with E-state index in [9.17, 15) is 0 Å². The number of rotatable bonds is 1. The fraction of sp³-hybridized carbons (Fsp3) is 0.333. The van der Waals surface area contributed by atoms with E-state index in [1.165, 1.54) is 12.8 Å². The zero-order valence-electron chi connectivity index (χ0n) is 8.86. The van der Waals surface area contributed by atoms with E-state index < -0.39 is 0 Å². The summed E-state index contributed by atoms with van der Waals surface area (Å²) in [5, 5.41) is 1.14. The molecule has 0 saturated carbocycles. The molecule has 0 aliphatic carbocycles. The van der Waals surface area contributed by atoms with Gasteiger partial charge in [0.1, 0.15) is 12.1 Å². The number of hydrogen-bond donors (Lipinski definition) is 0. The highest BCUT2D eigenvalue weighted by atomic mass is 79.9. The summed E-state index contributed by atoms with van der Waals surface area (Å²) in [5.41, 5.74) is 1.01. The third-order valence-corrected chi connectivity index (χ3v) is 3.48. The van der Waals surface area contributed by atoms with Gasteiger partial charge in [-0.15, -0.1) is 0 Å². The normalized spacial score (nSPS) is 15.9. The Labute approximate surface area is 103 Å². The molecule has 0 amide bonds. The lowest BCUT2D eigenvalue weighted by molar-refractivity contribution is 0.939. The van der Waals surface area contributed by atoms with Gasteiger partial charge in [0.2, 0.25) is 0 Å². The van der Waals surface area contributed by atoms with Gasteiger partial charge < -0.3 is 4.90 Å². The minimum Gasteiger partial charge on any atom is -0.356 e. The van der Waals surface area contributed by atoms with Crippen LogP contribution >= 0.6 is 15.9 Å². The second-order valence-electron chi connectivity index (χ2n) is 4.05. The maximum Gasteiger partial charge on any atom is 0.139 e. The van der Waals surface area contributed by atoms with Crippen molar-refractivity contribution in [2.45, 2.75) is 12.8 Å². The first-order valence-corrected chi connectivity index (χ1v) is 6.29. The van der Waals surface area contributed by atoms with Crippen LogP contribution in [0.1, 0.15) is 12.8 Å². The molecule has 0 unspecified atom stereocenters. The lowest BCUT2D eigenvalue weighted by Gasteiger charge is -2.17. The Morgan fingerprint density at radius 3 is 2.75 bits per heavy atom. The number of hydrogen-bond acceptors (Lipinski definition) is 3. The van der Waals surface area contributed by atoms with Gasteiger partial charge >= 0.3 is 0 Å². The Morgan fingerprint density at radius 2 is 1.94 bits per heavy atom. The molecule has 16 heavy (non-hydrogen) atoms. The Balaban J connectivity index is 2.18. The van der Waals surface area contributed by atoms with Crippen LogP contribution in [0.3, 0.4) is 0 Å². The van der Waals surface area contributed by atoms with Gasteiger partial charge in [-0.1, -0.05) is 15.9 Å². The molecule has 0 N–H and O–H groups in total. The van der Waals surface area contributed by atoms with Crippen molar-refractivity contribution in [2.75, 3.05) is 18.0 Å². The molecule has 2 heterocycles. The minimum absolute atomic E-state index is 1.01. The van der Waals surface area contributed by atoms with Crippen LogP contribution in [0, 0.1) is 0 Å². The van der Waals surface area contributed by atoms with Crippen molar-refractivity contribution >= 4 is 32.7 Å². The second-order valence-corrected chi connectivity index (χ2v) is 4.97. The van der Waals surface area contributed by atoms with E-state index >= 15 is 0 Å². The minimum atomic E-state index is 1.01. The van der Waals surface area contributed by atoms with Crippen LogP contribution < -0.4 is 4.90 Å². The van der Waals surface area contributed by atoms with Gasteiger partial charge in [-0.3, -0.25) is 0 Å². The van der Waals surface area contributed by atoms with Crippen molar-refractivity contribution in [1.82, 2.24) is 9.97 Å². The maximum atomic E-state index is 4.42. The number of aromatic nitrogens is 2. The van der Waals surface area contributed by atoms with Crippen LogP contribution in [-0.4, -0.2) is 23.1 Å². The monoisotopic (exact) mass is 277 g/mol. The molecule has 0 spiro atoms. The fourth-order valence-electron chi connectivity index (χ4n) is 2.20. The topological polar surface area (TPSA) is 29.0 Å². The number of nitrogens with zero attached hydrogens (tertiary/aromatic N) is 3. The second kappa shape index (κ2) is 4.01. The van der Waals surface area contributed by atoms with Gasteiger partial charge in [0.15, 0.2) is 0 Å². The smallest absolute Gasteiger partial charge is 0.139 e. The molecule has 4 heteroatoms. The summed E-state index contributed by atoms with van der Waals surface area (Å²) in [6.07, 6.45) is 4.18. The zero-order chi connectivity index (χ0) is 11.0. The van der Waals surface area contributed by atoms with Crippen LogP contribution in [0.5, 0.6) is 0 Å². The standard InChI is InChI=1S/C12H12BrN3/c13-9-3-4-11-10(7-9)12(15-8-14-11)16-5-1-2-6-16/h3-4,7-8H,1-2,5-6H2. The number of benzene rings is 1. The molecule has 2 aromatic rings. The van der Waals surface area contributed by atoms with Crippen molar-refractivity contribution in [3.63, 3.8) is 0 Å². The summed E-state index contributed by atoms with van der Waals surface area (Å²) in [6.45, 7) is 2.22. The lowest BCUT2D eigenvalue weighted by Crippen LogP contribution is -2.19. The quantitative estimate of drug-likeness (QED) is 0.803. The predicted octanol–water partition coefficient (Wildman–Crippen LogP) is 2.99. The van der Waals surface area contributed by atoms with Crippen molar-refractivity contribution in [3.05, 3.63) is 29.0 Å². The Kier molecular flexibility index (Phi) is 2.52. The van der Waals surface area contributed by atoms with Crippen molar-refractivity contribution in [3.8, 4) is 0 Å². The van der Waals surface area contributed by atoms with E-state index in [0.717, 1.165) is 34.3 Å². The lowest BCUT2D eigenvalue weighted by atomic mass is 10.2. The van der Waals surface area contributed by atoms with E-state index in [1.807, 2.05) is 12.1 Å². The van der Waals surface area contributed by atoms with E-state index in [-0.39, 0.29) is 0 Å². The fourth-order valence-corrected chi connectivity index (χ4v) is 2.56. The van der Waals surface area contributed by atoms with E-state index in [0.29, 0.717) is 0 Å². The van der Waals surface area contributed by atoms with Crippen LogP contribution in [0.2, 0.25) is 0 Å². The Morgan fingerprint density at radius 1 is 1.12 bits per heavy atom. The Hall–Kier alpha value is -1.16. The van der Waals surface area contributed by atoms with Gasteiger partial charge in [-0.05, 0) is 31.0 Å². The highest BCUT2D eigenvalue weighted by molar-refractivity contribution is 9.10. The zero-order valence-corrected chi connectivity index (χ0v) is 10.4. The van der Waals surface area contributed by atoms with Crippen molar-refractivity contribution < 1.29 is 0 Å². The van der Waals surface area contributed by atoms with Gasteiger partial charge in [0, 0.05) is 22.9 Å². The third-order valence-electron chi connectivity index (χ3n) is 2.98. The average molecular weight is 278 g/mol. The summed E-state index contributed by atoms with van der Waals surface area (Å²) >= 11 is 3.50. The average Bonchev–Trinajstić information content (AvgIpc) is 2.81. The number of anilines is 1. The maximum absolute atomic E-state index is 4.42. The van der Waals surface area contributed by atoms with Gasteiger partial charge in [-0.2, -0.15) is 0 Å². The van der Waals surface area contributed by atoms with Crippen molar-refractivity contribution in [2.24, 2.45) is 0 Å². The molecule has 1 fully saturated rings. The molecule has 1 aliphatic rings. The van der Waals surface area contributed by atoms with Gasteiger partial charge in [-0.25, -0.2) is 9.97 Å². The highest BCUT2D eigenvalue weighted by Gasteiger charge is 2.16. The first-order valence-electron chi connectivity index (χ1n) is 5.50. The summed E-state index contributed by atoms with van der Waals surface area (Å²) in [4.78, 5) is 11.1. The van der Waals surface area contributed by atoms with E-state index in [4.69, 9.17) is 0 Å². The summed E-state index contributed by atoms with van der Waals surface area (Å²) in [7, 11) is 0. The molecule has 0 radical (unpaired) electrons. The molecule has 0 bridgehead atoms. The Bertz CT molecular complexity index is 521. The van der Waals surface area contributed by atoms with E-state index in [2.05, 4.69) is 36.9 Å². The van der Waals surface area contributed by atoms with Crippen LogP contribution in [-0.2, 0) is 0 Å². The highest BCUT2D eigenvalue weighted by Crippen LogP contribution is 2.27. The van der Waals surface area contributed by atoms with Gasteiger partial charge in [0.05, 0.1) is 5.52 Å². The predicted molar refractivity (Wildman–Crippen MR) is 68.7 cm³/mol. The SMILES string of the molecule is Brc1ccc2ncnc(N3CCCC3)c2c1. The third kappa shape index (κ3) is 1.67. The molecule has 0 atom stereocenters. The molecule has 1 aliphatic heterocycles. The molecule has 1 saturated heterocycles. The molecule has 3 nitrogen and oxygen atoms in total. The number of fused-ring (bicyclic) bond motifs is 1.